The Balaban J connectivity index is 2.13. The molecule has 0 radical (unpaired) electrons. The third-order valence-electron chi connectivity index (χ3n) is 3.71. The molecule has 0 aliphatic carbocycles. The van der Waals surface area contributed by atoms with Crippen molar-refractivity contribution < 1.29 is 5.11 Å². The molecule has 1 aromatic heterocycles. The molecule has 0 amide bonds. The summed E-state index contributed by atoms with van der Waals surface area (Å²) in [4.78, 5) is 8.42. The highest BCUT2D eigenvalue weighted by molar-refractivity contribution is 5.40. The number of aliphatic hydroxyl groups is 1. The molecule has 1 N–H and O–H groups in total. The molecule has 3 nitrogen and oxygen atoms in total. The zero-order chi connectivity index (χ0) is 17.0. The van der Waals surface area contributed by atoms with Gasteiger partial charge in [0.1, 0.15) is 0 Å². The van der Waals surface area contributed by atoms with Crippen molar-refractivity contribution in [2.75, 3.05) is 0 Å². The lowest BCUT2D eigenvalue weighted by atomic mass is 9.87. The van der Waals surface area contributed by atoms with Gasteiger partial charge in [0, 0.05) is 23.5 Å². The number of nitrogens with zero attached hydrogens (tertiary/aromatic N) is 2. The molecule has 0 fully saturated rings. The van der Waals surface area contributed by atoms with Gasteiger partial charge in [0.2, 0.25) is 5.82 Å². The highest BCUT2D eigenvalue weighted by atomic mass is 16.3. The number of benzene rings is 1. The van der Waals surface area contributed by atoms with E-state index in [0.717, 1.165) is 11.1 Å². The number of rotatable bonds is 2. The Labute approximate surface area is 138 Å². The van der Waals surface area contributed by atoms with Crippen LogP contribution in [-0.4, -0.2) is 15.1 Å². The van der Waals surface area contributed by atoms with Crippen LogP contribution in [0.5, 0.6) is 0 Å². The quantitative estimate of drug-likeness (QED) is 0.857. The molecule has 0 unspecified atom stereocenters. The van der Waals surface area contributed by atoms with E-state index in [-0.39, 0.29) is 11.3 Å². The van der Waals surface area contributed by atoms with E-state index in [2.05, 4.69) is 54.7 Å². The van der Waals surface area contributed by atoms with E-state index in [1.807, 2.05) is 26.0 Å². The SMILES string of the molecule is CC(C)[C@@H](O)c1cnc(C#Cc2ccc(C(C)(C)C)cc2)nc1. The van der Waals surface area contributed by atoms with E-state index in [4.69, 9.17) is 0 Å². The molecular formula is C20H24N2O. The fourth-order valence-corrected chi connectivity index (χ4v) is 2.12. The molecule has 2 aromatic rings. The zero-order valence-corrected chi connectivity index (χ0v) is 14.5. The lowest BCUT2D eigenvalue weighted by Gasteiger charge is -2.18. The molecule has 1 atom stereocenters. The Bertz CT molecular complexity index is 699. The van der Waals surface area contributed by atoms with Crippen LogP contribution in [0, 0.1) is 17.8 Å². The number of aliphatic hydroxyl groups excluding tert-OH is 1. The number of hydrogen-bond donors (Lipinski definition) is 1. The van der Waals surface area contributed by atoms with E-state index in [1.54, 1.807) is 12.4 Å². The average Bonchev–Trinajstić information content (AvgIpc) is 2.52. The Morgan fingerprint density at radius 3 is 2.00 bits per heavy atom. The summed E-state index contributed by atoms with van der Waals surface area (Å²) in [6.07, 6.45) is 2.75. The van der Waals surface area contributed by atoms with Crippen molar-refractivity contribution in [2.24, 2.45) is 5.92 Å². The summed E-state index contributed by atoms with van der Waals surface area (Å²) in [6, 6.07) is 8.24. The first-order valence-electron chi connectivity index (χ1n) is 7.90. The highest BCUT2D eigenvalue weighted by Gasteiger charge is 2.13. The normalized spacial score (nSPS) is 12.7. The van der Waals surface area contributed by atoms with Crippen LogP contribution >= 0.6 is 0 Å². The largest absolute Gasteiger partial charge is 0.388 e. The lowest BCUT2D eigenvalue weighted by molar-refractivity contribution is 0.126. The highest BCUT2D eigenvalue weighted by Crippen LogP contribution is 2.22. The minimum atomic E-state index is -0.540. The molecule has 23 heavy (non-hydrogen) atoms. The smallest absolute Gasteiger partial charge is 0.205 e. The van der Waals surface area contributed by atoms with Gasteiger partial charge >= 0.3 is 0 Å². The first-order chi connectivity index (χ1) is 10.8. The Kier molecular flexibility index (Phi) is 5.18. The van der Waals surface area contributed by atoms with E-state index in [1.165, 1.54) is 5.56 Å². The molecule has 1 heterocycles. The molecule has 0 aliphatic heterocycles. The van der Waals surface area contributed by atoms with Gasteiger partial charge in [-0.1, -0.05) is 52.7 Å². The van der Waals surface area contributed by atoms with Gasteiger partial charge < -0.3 is 5.11 Å². The van der Waals surface area contributed by atoms with Gasteiger partial charge in [-0.2, -0.15) is 0 Å². The molecule has 0 aliphatic rings. The minimum absolute atomic E-state index is 0.136. The molecule has 120 valence electrons. The van der Waals surface area contributed by atoms with Gasteiger partial charge in [0.05, 0.1) is 6.10 Å². The fraction of sp³-hybridized carbons (Fsp3) is 0.400. The van der Waals surface area contributed by atoms with Crippen LogP contribution in [0.1, 0.15) is 63.2 Å². The maximum atomic E-state index is 9.97. The van der Waals surface area contributed by atoms with Crippen LogP contribution < -0.4 is 0 Å². The molecule has 0 saturated carbocycles. The van der Waals surface area contributed by atoms with E-state index in [9.17, 15) is 5.11 Å². The van der Waals surface area contributed by atoms with Crippen molar-refractivity contribution in [1.29, 1.82) is 0 Å². The van der Waals surface area contributed by atoms with Crippen LogP contribution in [0.3, 0.4) is 0 Å². The first kappa shape index (κ1) is 17.2. The summed E-state index contributed by atoms with van der Waals surface area (Å²) in [7, 11) is 0. The third-order valence-corrected chi connectivity index (χ3v) is 3.71. The summed E-state index contributed by atoms with van der Waals surface area (Å²) >= 11 is 0. The molecule has 2 rings (SSSR count). The van der Waals surface area contributed by atoms with Gasteiger partial charge in [-0.05, 0) is 34.9 Å². The molecule has 0 bridgehead atoms. The molecule has 0 spiro atoms. The Morgan fingerprint density at radius 1 is 0.957 bits per heavy atom. The summed E-state index contributed by atoms with van der Waals surface area (Å²) in [5.74, 6) is 6.63. The van der Waals surface area contributed by atoms with Crippen LogP contribution in [0.4, 0.5) is 0 Å². The van der Waals surface area contributed by atoms with Crippen molar-refractivity contribution in [2.45, 2.75) is 46.1 Å². The fourth-order valence-electron chi connectivity index (χ4n) is 2.12. The predicted molar refractivity (Wildman–Crippen MR) is 93.0 cm³/mol. The van der Waals surface area contributed by atoms with Crippen molar-refractivity contribution in [3.63, 3.8) is 0 Å². The summed E-state index contributed by atoms with van der Waals surface area (Å²) in [6.45, 7) is 10.5. The topological polar surface area (TPSA) is 46.0 Å². The van der Waals surface area contributed by atoms with Crippen LogP contribution in [0.15, 0.2) is 36.7 Å². The lowest BCUT2D eigenvalue weighted by Crippen LogP contribution is -2.10. The molecule has 0 saturated heterocycles. The van der Waals surface area contributed by atoms with E-state index >= 15 is 0 Å². The van der Waals surface area contributed by atoms with Gasteiger partial charge in [-0.15, -0.1) is 0 Å². The maximum absolute atomic E-state index is 9.97. The molecular weight excluding hydrogens is 284 g/mol. The van der Waals surface area contributed by atoms with Crippen LogP contribution in [0.25, 0.3) is 0 Å². The summed E-state index contributed by atoms with van der Waals surface area (Å²) in [5, 5.41) is 9.97. The Hall–Kier alpha value is -2.18. The predicted octanol–water partition coefficient (Wildman–Crippen LogP) is 3.86. The minimum Gasteiger partial charge on any atom is -0.388 e. The molecule has 3 heteroatoms. The van der Waals surface area contributed by atoms with Crippen molar-refractivity contribution in [3.8, 4) is 11.8 Å². The average molecular weight is 308 g/mol. The van der Waals surface area contributed by atoms with E-state index < -0.39 is 6.10 Å². The van der Waals surface area contributed by atoms with Crippen molar-refractivity contribution >= 4 is 0 Å². The zero-order valence-electron chi connectivity index (χ0n) is 14.5. The molecule has 1 aromatic carbocycles. The summed E-state index contributed by atoms with van der Waals surface area (Å²) < 4.78 is 0. The van der Waals surface area contributed by atoms with Gasteiger partial charge in [0.25, 0.3) is 0 Å². The van der Waals surface area contributed by atoms with E-state index in [0.29, 0.717) is 5.82 Å². The third kappa shape index (κ3) is 4.64. The van der Waals surface area contributed by atoms with Crippen LogP contribution in [0.2, 0.25) is 0 Å². The maximum Gasteiger partial charge on any atom is 0.205 e. The standard InChI is InChI=1S/C20H24N2O/c1-14(2)19(23)16-12-21-18(22-13-16)11-8-15-6-9-17(10-7-15)20(3,4)5/h6-7,9-10,12-14,19,23H,1-5H3/t19-/m1/s1. The van der Waals surface area contributed by atoms with Crippen LogP contribution in [-0.2, 0) is 5.41 Å². The second-order valence-corrected chi connectivity index (χ2v) is 7.11. The van der Waals surface area contributed by atoms with Gasteiger partial charge in [-0.3, -0.25) is 0 Å². The van der Waals surface area contributed by atoms with Gasteiger partial charge in [0.15, 0.2) is 0 Å². The second kappa shape index (κ2) is 6.93. The summed E-state index contributed by atoms with van der Waals surface area (Å²) in [5.41, 5.74) is 3.08. The van der Waals surface area contributed by atoms with Gasteiger partial charge in [-0.25, -0.2) is 9.97 Å². The van der Waals surface area contributed by atoms with Crippen molar-refractivity contribution in [1.82, 2.24) is 9.97 Å². The second-order valence-electron chi connectivity index (χ2n) is 7.11. The first-order valence-corrected chi connectivity index (χ1v) is 7.90. The van der Waals surface area contributed by atoms with Crippen molar-refractivity contribution in [3.05, 3.63) is 59.2 Å². The number of aromatic nitrogens is 2. The monoisotopic (exact) mass is 308 g/mol. The Morgan fingerprint density at radius 2 is 1.52 bits per heavy atom. The number of hydrogen-bond acceptors (Lipinski definition) is 3.